The molecule has 0 fully saturated rings. The molecule has 2 aromatic rings. The summed E-state index contributed by atoms with van der Waals surface area (Å²) in [6, 6.07) is 4.92. The first-order valence-corrected chi connectivity index (χ1v) is 8.75. The lowest BCUT2D eigenvalue weighted by Crippen LogP contribution is -2.29. The molecule has 0 radical (unpaired) electrons. The largest absolute Gasteiger partial charge is 0.493 e. The number of allylic oxidation sites excluding steroid dienone is 1. The Kier molecular flexibility index (Phi) is 5.58. The van der Waals surface area contributed by atoms with Gasteiger partial charge in [-0.2, -0.15) is 4.68 Å². The SMILES string of the molecule is CCCCOC(=O)C1=C(C)Nc2nnnn2[C@@H]1c1ccc(OC)c(OC)c1. The Balaban J connectivity index is 2.05. The van der Waals surface area contributed by atoms with E-state index >= 15 is 0 Å². The van der Waals surface area contributed by atoms with Crippen LogP contribution >= 0.6 is 0 Å². The number of ether oxygens (including phenoxy) is 3. The summed E-state index contributed by atoms with van der Waals surface area (Å²) >= 11 is 0. The lowest BCUT2D eigenvalue weighted by molar-refractivity contribution is -0.139. The van der Waals surface area contributed by atoms with Gasteiger partial charge in [0, 0.05) is 5.70 Å². The first-order chi connectivity index (χ1) is 13.1. The zero-order valence-electron chi connectivity index (χ0n) is 15.9. The van der Waals surface area contributed by atoms with Crippen molar-refractivity contribution in [2.75, 3.05) is 26.1 Å². The molecule has 0 saturated carbocycles. The number of carbonyl (C=O) groups is 1. The molecule has 0 aliphatic carbocycles. The number of nitrogens with one attached hydrogen (secondary N) is 1. The molecule has 27 heavy (non-hydrogen) atoms. The molecule has 1 aliphatic heterocycles. The van der Waals surface area contributed by atoms with Crippen LogP contribution in [0.5, 0.6) is 11.5 Å². The van der Waals surface area contributed by atoms with Crippen LogP contribution in [0, 0.1) is 0 Å². The fraction of sp³-hybridized carbons (Fsp3) is 0.444. The summed E-state index contributed by atoms with van der Waals surface area (Å²) < 4.78 is 17.7. The fourth-order valence-corrected chi connectivity index (χ4v) is 2.99. The summed E-state index contributed by atoms with van der Waals surface area (Å²) in [7, 11) is 3.13. The van der Waals surface area contributed by atoms with Crippen molar-refractivity contribution in [2.45, 2.75) is 32.7 Å². The number of benzene rings is 1. The van der Waals surface area contributed by atoms with Crippen molar-refractivity contribution in [3.05, 3.63) is 35.0 Å². The average Bonchev–Trinajstić information content (AvgIpc) is 3.14. The van der Waals surface area contributed by atoms with Gasteiger partial charge < -0.3 is 19.5 Å². The number of nitrogens with zero attached hydrogens (tertiary/aromatic N) is 4. The van der Waals surface area contributed by atoms with Crippen molar-refractivity contribution in [1.82, 2.24) is 20.2 Å². The molecule has 0 saturated heterocycles. The highest BCUT2D eigenvalue weighted by Gasteiger charge is 2.35. The van der Waals surface area contributed by atoms with Crippen molar-refractivity contribution in [3.8, 4) is 11.5 Å². The number of unbranched alkanes of at least 4 members (excludes halogenated alkanes) is 1. The fourth-order valence-electron chi connectivity index (χ4n) is 2.99. The molecule has 0 amide bonds. The molecule has 0 unspecified atom stereocenters. The maximum atomic E-state index is 12.8. The van der Waals surface area contributed by atoms with Crippen LogP contribution in [0.3, 0.4) is 0 Å². The maximum Gasteiger partial charge on any atom is 0.338 e. The Labute approximate surface area is 157 Å². The van der Waals surface area contributed by atoms with Crippen LogP contribution in [0.4, 0.5) is 5.95 Å². The first-order valence-electron chi connectivity index (χ1n) is 8.75. The highest BCUT2D eigenvalue weighted by molar-refractivity contribution is 5.92. The van der Waals surface area contributed by atoms with Crippen LogP contribution < -0.4 is 14.8 Å². The molecular weight excluding hydrogens is 350 g/mol. The Morgan fingerprint density at radius 3 is 2.74 bits per heavy atom. The van der Waals surface area contributed by atoms with E-state index in [9.17, 15) is 4.79 Å². The average molecular weight is 373 g/mol. The third-order valence-electron chi connectivity index (χ3n) is 4.39. The number of esters is 1. The minimum Gasteiger partial charge on any atom is -0.493 e. The summed E-state index contributed by atoms with van der Waals surface area (Å²) in [6.45, 7) is 4.22. The highest BCUT2D eigenvalue weighted by Crippen LogP contribution is 2.38. The lowest BCUT2D eigenvalue weighted by atomic mass is 9.95. The van der Waals surface area contributed by atoms with E-state index in [1.807, 2.05) is 26.0 Å². The molecular formula is C18H23N5O4. The topological polar surface area (TPSA) is 100 Å². The third-order valence-corrected chi connectivity index (χ3v) is 4.39. The summed E-state index contributed by atoms with van der Waals surface area (Å²) in [4.78, 5) is 12.8. The summed E-state index contributed by atoms with van der Waals surface area (Å²) in [6.07, 6.45) is 1.75. The number of fused-ring (bicyclic) bond motifs is 1. The van der Waals surface area contributed by atoms with Crippen molar-refractivity contribution in [1.29, 1.82) is 0 Å². The Morgan fingerprint density at radius 1 is 1.26 bits per heavy atom. The van der Waals surface area contributed by atoms with E-state index in [0.717, 1.165) is 18.4 Å². The molecule has 1 atom stereocenters. The molecule has 0 bridgehead atoms. The molecule has 3 rings (SSSR count). The van der Waals surface area contributed by atoms with Crippen LogP contribution in [-0.2, 0) is 9.53 Å². The number of methoxy groups -OCH3 is 2. The third kappa shape index (κ3) is 3.57. The van der Waals surface area contributed by atoms with Crippen LogP contribution in [0.15, 0.2) is 29.5 Å². The molecule has 1 aromatic heterocycles. The monoisotopic (exact) mass is 373 g/mol. The van der Waals surface area contributed by atoms with E-state index in [-0.39, 0.29) is 0 Å². The highest BCUT2D eigenvalue weighted by atomic mass is 16.5. The van der Waals surface area contributed by atoms with Crippen molar-refractivity contribution >= 4 is 11.9 Å². The predicted molar refractivity (Wildman–Crippen MR) is 97.7 cm³/mol. The minimum atomic E-state index is -0.537. The number of rotatable bonds is 7. The Hall–Kier alpha value is -3.10. The summed E-state index contributed by atoms with van der Waals surface area (Å²) in [5, 5.41) is 14.8. The van der Waals surface area contributed by atoms with Gasteiger partial charge in [-0.15, -0.1) is 0 Å². The van der Waals surface area contributed by atoms with Gasteiger partial charge in [-0.05, 0) is 41.5 Å². The Bertz CT molecular complexity index is 861. The molecule has 9 nitrogen and oxygen atoms in total. The lowest BCUT2D eigenvalue weighted by Gasteiger charge is -2.27. The number of tetrazole rings is 1. The van der Waals surface area contributed by atoms with E-state index in [0.29, 0.717) is 35.3 Å². The van der Waals surface area contributed by atoms with E-state index in [1.54, 1.807) is 25.0 Å². The van der Waals surface area contributed by atoms with Crippen molar-refractivity contribution < 1.29 is 19.0 Å². The smallest absolute Gasteiger partial charge is 0.338 e. The summed E-state index contributed by atoms with van der Waals surface area (Å²) in [5.41, 5.74) is 1.89. The molecule has 0 spiro atoms. The number of hydrogen-bond acceptors (Lipinski definition) is 8. The van der Waals surface area contributed by atoms with E-state index in [2.05, 4.69) is 20.8 Å². The van der Waals surface area contributed by atoms with Crippen LogP contribution in [-0.4, -0.2) is 47.0 Å². The summed E-state index contributed by atoms with van der Waals surface area (Å²) in [5.74, 6) is 1.21. The van der Waals surface area contributed by atoms with Crippen molar-refractivity contribution in [3.63, 3.8) is 0 Å². The molecule has 1 aromatic carbocycles. The van der Waals surface area contributed by atoms with Gasteiger partial charge >= 0.3 is 5.97 Å². The van der Waals surface area contributed by atoms with Gasteiger partial charge in [0.25, 0.3) is 0 Å². The second-order valence-electron chi connectivity index (χ2n) is 6.12. The number of anilines is 1. The van der Waals surface area contributed by atoms with Crippen LogP contribution in [0.25, 0.3) is 0 Å². The molecule has 1 N–H and O–H groups in total. The van der Waals surface area contributed by atoms with Crippen LogP contribution in [0.2, 0.25) is 0 Å². The standard InChI is InChI=1S/C18H23N5O4/c1-5-6-9-27-17(24)15-11(2)19-18-20-21-22-23(18)16(15)12-7-8-13(25-3)14(10-12)26-4/h7-8,10,16H,5-6,9H2,1-4H3,(H,19,20,22)/t16-/m1/s1. The van der Waals surface area contributed by atoms with Gasteiger partial charge in [-0.1, -0.05) is 24.5 Å². The van der Waals surface area contributed by atoms with Gasteiger partial charge in [-0.25, -0.2) is 4.79 Å². The van der Waals surface area contributed by atoms with Gasteiger partial charge in [0.2, 0.25) is 5.95 Å². The number of hydrogen-bond donors (Lipinski definition) is 1. The maximum absolute atomic E-state index is 12.8. The van der Waals surface area contributed by atoms with E-state index < -0.39 is 12.0 Å². The zero-order chi connectivity index (χ0) is 19.4. The van der Waals surface area contributed by atoms with E-state index in [4.69, 9.17) is 14.2 Å². The van der Waals surface area contributed by atoms with Gasteiger partial charge in [0.15, 0.2) is 11.5 Å². The minimum absolute atomic E-state index is 0.368. The molecule has 1 aliphatic rings. The van der Waals surface area contributed by atoms with E-state index in [1.165, 1.54) is 0 Å². The quantitative estimate of drug-likeness (QED) is 0.583. The normalized spacial score (nSPS) is 15.8. The van der Waals surface area contributed by atoms with Crippen molar-refractivity contribution in [2.24, 2.45) is 0 Å². The number of carbonyl (C=O) groups excluding carboxylic acids is 1. The second-order valence-corrected chi connectivity index (χ2v) is 6.12. The van der Waals surface area contributed by atoms with Gasteiger partial charge in [-0.3, -0.25) is 0 Å². The Morgan fingerprint density at radius 2 is 2.04 bits per heavy atom. The molecule has 9 heteroatoms. The van der Waals surface area contributed by atoms with Gasteiger partial charge in [0.1, 0.15) is 6.04 Å². The van der Waals surface area contributed by atoms with Gasteiger partial charge in [0.05, 0.1) is 26.4 Å². The first kappa shape index (κ1) is 18.7. The zero-order valence-corrected chi connectivity index (χ0v) is 15.9. The number of aromatic nitrogens is 4. The van der Waals surface area contributed by atoms with Crippen LogP contribution in [0.1, 0.15) is 38.3 Å². The second kappa shape index (κ2) is 8.07. The molecule has 144 valence electrons. The predicted octanol–water partition coefficient (Wildman–Crippen LogP) is 2.32. The molecule has 2 heterocycles.